The third kappa shape index (κ3) is 3.77. The third-order valence-corrected chi connectivity index (χ3v) is 5.90. The number of hydrogen-bond donors (Lipinski definition) is 2. The van der Waals surface area contributed by atoms with E-state index < -0.39 is 6.09 Å². The molecule has 1 atom stereocenters. The minimum atomic E-state index is -1.03. The maximum Gasteiger partial charge on any atom is 0.404 e. The van der Waals surface area contributed by atoms with Gasteiger partial charge in [-0.15, -0.1) is 0 Å². The Kier molecular flexibility index (Phi) is 5.13. The number of pyridine rings is 2. The molecule has 152 valence electrons. The van der Waals surface area contributed by atoms with Gasteiger partial charge in [-0.05, 0) is 42.8 Å². The highest BCUT2D eigenvalue weighted by Crippen LogP contribution is 2.31. The van der Waals surface area contributed by atoms with E-state index in [1.54, 1.807) is 17.8 Å². The van der Waals surface area contributed by atoms with Gasteiger partial charge in [-0.3, -0.25) is 9.78 Å². The van der Waals surface area contributed by atoms with Gasteiger partial charge in [-0.2, -0.15) is 0 Å². The summed E-state index contributed by atoms with van der Waals surface area (Å²) >= 11 is 0. The van der Waals surface area contributed by atoms with Crippen LogP contribution in [0.4, 0.5) is 4.79 Å². The molecule has 0 radical (unpaired) electrons. The van der Waals surface area contributed by atoms with E-state index in [9.17, 15) is 9.59 Å². The lowest BCUT2D eigenvalue weighted by molar-refractivity contribution is 0.166. The van der Waals surface area contributed by atoms with Crippen LogP contribution in [0.15, 0.2) is 35.3 Å². The number of aromatic nitrogens is 2. The second-order valence-electron chi connectivity index (χ2n) is 7.85. The topological polar surface area (TPSA) is 93.5 Å². The maximum atomic E-state index is 12.8. The highest BCUT2D eigenvalue weighted by atomic mass is 16.5. The summed E-state index contributed by atoms with van der Waals surface area (Å²) < 4.78 is 7.54. The summed E-state index contributed by atoms with van der Waals surface area (Å²) in [6, 6.07) is 7.26. The number of ether oxygens (including phenoxy) is 1. The van der Waals surface area contributed by atoms with Gasteiger partial charge < -0.3 is 19.7 Å². The van der Waals surface area contributed by atoms with Crippen LogP contribution < -0.4 is 15.6 Å². The van der Waals surface area contributed by atoms with Crippen molar-refractivity contribution in [2.45, 2.75) is 38.6 Å². The highest BCUT2D eigenvalue weighted by molar-refractivity contribution is 6.06. The van der Waals surface area contributed by atoms with E-state index >= 15 is 0 Å². The summed E-state index contributed by atoms with van der Waals surface area (Å²) in [5.41, 5.74) is 1.39. The van der Waals surface area contributed by atoms with Crippen molar-refractivity contribution in [2.75, 3.05) is 6.61 Å². The standard InChI is InChI=1S/C22H25N3O4/c1-13-20-18(8-9-23-13)17-7-6-16(11-19(17)25(2)21(20)26)29-12-15(24-22(27)28)10-14-4-3-5-14/h6-9,11,14-15,24H,3-5,10,12H2,1-2H3,(H,27,28). The van der Waals surface area contributed by atoms with Gasteiger partial charge in [0.25, 0.3) is 5.56 Å². The number of benzene rings is 1. The molecule has 1 fully saturated rings. The Morgan fingerprint density at radius 1 is 1.34 bits per heavy atom. The van der Waals surface area contributed by atoms with Crippen molar-refractivity contribution in [2.24, 2.45) is 13.0 Å². The van der Waals surface area contributed by atoms with Crippen LogP contribution in [0.2, 0.25) is 0 Å². The summed E-state index contributed by atoms with van der Waals surface area (Å²) in [4.78, 5) is 28.2. The number of aryl methyl sites for hydroxylation is 2. The van der Waals surface area contributed by atoms with Gasteiger partial charge >= 0.3 is 6.09 Å². The average molecular weight is 395 g/mol. The summed E-state index contributed by atoms with van der Waals surface area (Å²) in [5, 5.41) is 14.1. The van der Waals surface area contributed by atoms with Gasteiger partial charge in [-0.25, -0.2) is 4.79 Å². The van der Waals surface area contributed by atoms with Crippen molar-refractivity contribution < 1.29 is 14.6 Å². The van der Waals surface area contributed by atoms with E-state index in [0.717, 1.165) is 35.6 Å². The molecule has 2 aromatic heterocycles. The predicted octanol–water partition coefficient (Wildman–Crippen LogP) is 3.60. The molecule has 0 aliphatic heterocycles. The predicted molar refractivity (Wildman–Crippen MR) is 112 cm³/mol. The van der Waals surface area contributed by atoms with Crippen LogP contribution in [0.25, 0.3) is 21.7 Å². The van der Waals surface area contributed by atoms with Gasteiger partial charge in [0.15, 0.2) is 0 Å². The molecular weight excluding hydrogens is 370 g/mol. The van der Waals surface area contributed by atoms with Crippen LogP contribution in [0.3, 0.4) is 0 Å². The molecule has 3 aromatic rings. The van der Waals surface area contributed by atoms with Gasteiger partial charge in [0, 0.05) is 24.7 Å². The summed E-state index contributed by atoms with van der Waals surface area (Å²) in [7, 11) is 1.74. The first-order valence-electron chi connectivity index (χ1n) is 9.94. The van der Waals surface area contributed by atoms with Gasteiger partial charge in [0.2, 0.25) is 0 Å². The molecule has 7 nitrogen and oxygen atoms in total. The van der Waals surface area contributed by atoms with Crippen LogP contribution in [-0.2, 0) is 7.05 Å². The third-order valence-electron chi connectivity index (χ3n) is 5.90. The fraction of sp³-hybridized carbons (Fsp3) is 0.409. The largest absolute Gasteiger partial charge is 0.491 e. The number of fused-ring (bicyclic) bond motifs is 3. The van der Waals surface area contributed by atoms with Gasteiger partial charge in [0.1, 0.15) is 12.4 Å². The van der Waals surface area contributed by atoms with E-state index in [1.165, 1.54) is 6.42 Å². The van der Waals surface area contributed by atoms with Crippen LogP contribution in [0, 0.1) is 12.8 Å². The van der Waals surface area contributed by atoms with E-state index in [4.69, 9.17) is 9.84 Å². The molecule has 1 aromatic carbocycles. The SMILES string of the molecule is Cc1nccc2c1c(=O)n(C)c1cc(OCC(CC3CCC3)NC(=O)O)ccc21. The van der Waals surface area contributed by atoms with E-state index in [2.05, 4.69) is 10.3 Å². The Balaban J connectivity index is 1.63. The second-order valence-corrected chi connectivity index (χ2v) is 7.85. The van der Waals surface area contributed by atoms with Gasteiger partial charge in [0.05, 0.1) is 22.6 Å². The van der Waals surface area contributed by atoms with Gasteiger partial charge in [-0.1, -0.05) is 19.3 Å². The number of amides is 1. The van der Waals surface area contributed by atoms with Crippen molar-refractivity contribution in [3.8, 4) is 5.75 Å². The molecule has 2 heterocycles. The van der Waals surface area contributed by atoms with Crippen LogP contribution in [0.1, 0.15) is 31.4 Å². The Hall–Kier alpha value is -3.09. The Labute approximate surface area is 168 Å². The summed E-state index contributed by atoms with van der Waals surface area (Å²) in [6.07, 6.45) is 4.98. The van der Waals surface area contributed by atoms with Crippen molar-refractivity contribution in [1.82, 2.24) is 14.9 Å². The van der Waals surface area contributed by atoms with Crippen LogP contribution in [0.5, 0.6) is 5.75 Å². The zero-order chi connectivity index (χ0) is 20.5. The lowest BCUT2D eigenvalue weighted by Crippen LogP contribution is -2.40. The van der Waals surface area contributed by atoms with Crippen molar-refractivity contribution in [3.63, 3.8) is 0 Å². The fourth-order valence-electron chi connectivity index (χ4n) is 4.12. The monoisotopic (exact) mass is 395 g/mol. The molecular formula is C22H25N3O4. The van der Waals surface area contributed by atoms with Crippen LogP contribution >= 0.6 is 0 Å². The molecule has 1 unspecified atom stereocenters. The van der Waals surface area contributed by atoms with Crippen LogP contribution in [-0.4, -0.2) is 33.4 Å². The first kappa shape index (κ1) is 19.2. The number of rotatable bonds is 6. The number of carboxylic acid groups (broad SMARTS) is 1. The molecule has 1 aliphatic carbocycles. The molecule has 1 saturated carbocycles. The molecule has 29 heavy (non-hydrogen) atoms. The maximum absolute atomic E-state index is 12.8. The number of hydrogen-bond acceptors (Lipinski definition) is 4. The Bertz CT molecular complexity index is 1130. The quantitative estimate of drug-likeness (QED) is 0.622. The summed E-state index contributed by atoms with van der Waals surface area (Å²) in [6.45, 7) is 2.10. The van der Waals surface area contributed by atoms with Crippen molar-refractivity contribution >= 4 is 27.8 Å². The molecule has 2 N–H and O–H groups in total. The minimum Gasteiger partial charge on any atom is -0.491 e. The van der Waals surface area contributed by atoms with E-state index in [-0.39, 0.29) is 18.2 Å². The van der Waals surface area contributed by atoms with Crippen molar-refractivity contribution in [1.29, 1.82) is 0 Å². The number of nitrogens with one attached hydrogen (secondary N) is 1. The average Bonchev–Trinajstić information content (AvgIpc) is 2.66. The molecule has 7 heteroatoms. The zero-order valence-electron chi connectivity index (χ0n) is 16.6. The van der Waals surface area contributed by atoms with E-state index in [1.807, 2.05) is 31.2 Å². The second kappa shape index (κ2) is 7.73. The molecule has 1 aliphatic rings. The molecule has 0 saturated heterocycles. The molecule has 1 amide bonds. The number of carbonyl (C=O) groups is 1. The number of nitrogens with zero attached hydrogens (tertiary/aromatic N) is 2. The Morgan fingerprint density at radius 2 is 2.14 bits per heavy atom. The first-order valence-corrected chi connectivity index (χ1v) is 9.94. The first-order chi connectivity index (χ1) is 13.9. The summed E-state index contributed by atoms with van der Waals surface area (Å²) in [5.74, 6) is 1.18. The lowest BCUT2D eigenvalue weighted by Gasteiger charge is -2.29. The normalized spacial score (nSPS) is 15.2. The molecule has 0 spiro atoms. The zero-order valence-corrected chi connectivity index (χ0v) is 16.6. The fourth-order valence-corrected chi connectivity index (χ4v) is 4.12. The smallest absolute Gasteiger partial charge is 0.404 e. The lowest BCUT2D eigenvalue weighted by atomic mass is 9.81. The van der Waals surface area contributed by atoms with E-state index in [0.29, 0.717) is 22.7 Å². The molecule has 0 bridgehead atoms. The highest BCUT2D eigenvalue weighted by Gasteiger charge is 2.23. The Morgan fingerprint density at radius 3 is 2.83 bits per heavy atom. The molecule has 4 rings (SSSR count). The minimum absolute atomic E-state index is 0.0920. The van der Waals surface area contributed by atoms with Crippen molar-refractivity contribution in [3.05, 3.63) is 46.5 Å².